The van der Waals surface area contributed by atoms with Crippen LogP contribution in [0.5, 0.6) is 0 Å². The summed E-state index contributed by atoms with van der Waals surface area (Å²) in [6.07, 6.45) is 4.92. The Kier molecular flexibility index (Phi) is 9.75. The van der Waals surface area contributed by atoms with E-state index in [0.29, 0.717) is 6.54 Å². The molecule has 2 aromatic heterocycles. The van der Waals surface area contributed by atoms with Gasteiger partial charge in [-0.3, -0.25) is 4.99 Å². The van der Waals surface area contributed by atoms with Crippen LogP contribution in [0.2, 0.25) is 0 Å². The summed E-state index contributed by atoms with van der Waals surface area (Å²) in [6.45, 7) is 7.98. The molecular weight excluding hydrogens is 453 g/mol. The highest BCUT2D eigenvalue weighted by atomic mass is 127. The lowest BCUT2D eigenvalue weighted by Crippen LogP contribution is -2.37. The van der Waals surface area contributed by atoms with Crippen LogP contribution >= 0.6 is 46.7 Å². The fourth-order valence-corrected chi connectivity index (χ4v) is 4.01. The molecule has 0 fully saturated rings. The van der Waals surface area contributed by atoms with Crippen molar-refractivity contribution in [3.8, 4) is 0 Å². The molecule has 2 N–H and O–H groups in total. The SMILES string of the molecule is CCc1cnc(CNC(=NC)NCCc2nc(CC)c(C)s2)s1.I. The Morgan fingerprint density at radius 1 is 1.17 bits per heavy atom. The Hall–Kier alpha value is -0.740. The number of nitrogens with one attached hydrogen (secondary N) is 2. The predicted octanol–water partition coefficient (Wildman–Crippen LogP) is 3.56. The zero-order valence-corrected chi connectivity index (χ0v) is 18.6. The van der Waals surface area contributed by atoms with E-state index in [9.17, 15) is 0 Å². The van der Waals surface area contributed by atoms with Crippen LogP contribution in [0.3, 0.4) is 0 Å². The summed E-state index contributed by atoms with van der Waals surface area (Å²) >= 11 is 3.54. The summed E-state index contributed by atoms with van der Waals surface area (Å²) in [4.78, 5) is 16.0. The lowest BCUT2D eigenvalue weighted by atomic mass is 10.3. The van der Waals surface area contributed by atoms with Gasteiger partial charge in [0.2, 0.25) is 0 Å². The molecule has 0 bridgehead atoms. The summed E-state index contributed by atoms with van der Waals surface area (Å²) in [7, 11) is 1.79. The Morgan fingerprint density at radius 3 is 2.54 bits per heavy atom. The smallest absolute Gasteiger partial charge is 0.191 e. The number of aliphatic imine (C=N–C) groups is 1. The first-order chi connectivity index (χ1) is 11.2. The average Bonchev–Trinajstić information content (AvgIpc) is 3.16. The van der Waals surface area contributed by atoms with Crippen LogP contribution in [-0.2, 0) is 25.8 Å². The molecule has 24 heavy (non-hydrogen) atoms. The monoisotopic (exact) mass is 479 g/mol. The van der Waals surface area contributed by atoms with Gasteiger partial charge >= 0.3 is 0 Å². The minimum absolute atomic E-state index is 0. The highest BCUT2D eigenvalue weighted by molar-refractivity contribution is 14.0. The second-order valence-corrected chi connectivity index (χ2v) is 7.63. The van der Waals surface area contributed by atoms with Crippen molar-refractivity contribution in [3.63, 3.8) is 0 Å². The lowest BCUT2D eigenvalue weighted by Gasteiger charge is -2.10. The maximum absolute atomic E-state index is 4.67. The molecule has 134 valence electrons. The van der Waals surface area contributed by atoms with Crippen molar-refractivity contribution in [1.82, 2.24) is 20.6 Å². The van der Waals surface area contributed by atoms with Gasteiger partial charge in [0, 0.05) is 36.0 Å². The van der Waals surface area contributed by atoms with Crippen molar-refractivity contribution < 1.29 is 0 Å². The Labute approximate surface area is 169 Å². The van der Waals surface area contributed by atoms with E-state index >= 15 is 0 Å². The zero-order chi connectivity index (χ0) is 16.7. The van der Waals surface area contributed by atoms with Crippen LogP contribution in [0, 0.1) is 6.92 Å². The van der Waals surface area contributed by atoms with Gasteiger partial charge in [-0.1, -0.05) is 13.8 Å². The molecule has 0 radical (unpaired) electrons. The van der Waals surface area contributed by atoms with E-state index in [0.717, 1.165) is 36.8 Å². The summed E-state index contributed by atoms with van der Waals surface area (Å²) < 4.78 is 0. The summed E-state index contributed by atoms with van der Waals surface area (Å²) in [6, 6.07) is 0. The minimum Gasteiger partial charge on any atom is -0.356 e. The maximum atomic E-state index is 4.67. The zero-order valence-electron chi connectivity index (χ0n) is 14.7. The standard InChI is InChI=1S/C16H25N5S2.HI/c1-5-12-9-19-15(23-12)10-20-16(17-4)18-8-7-14-21-13(6-2)11(3)22-14;/h9H,5-8,10H2,1-4H3,(H2,17,18,20);1H. The van der Waals surface area contributed by atoms with Crippen LogP contribution in [0.15, 0.2) is 11.2 Å². The number of hydrogen-bond acceptors (Lipinski definition) is 5. The van der Waals surface area contributed by atoms with Crippen LogP contribution in [0.1, 0.15) is 39.3 Å². The van der Waals surface area contributed by atoms with E-state index in [1.54, 1.807) is 29.7 Å². The normalized spacial score (nSPS) is 11.2. The van der Waals surface area contributed by atoms with E-state index in [1.165, 1.54) is 20.5 Å². The van der Waals surface area contributed by atoms with Crippen molar-refractivity contribution in [2.45, 2.75) is 46.6 Å². The molecule has 2 heterocycles. The third-order valence-corrected chi connectivity index (χ3v) is 5.70. The van der Waals surface area contributed by atoms with Crippen molar-refractivity contribution in [3.05, 3.63) is 31.7 Å². The van der Waals surface area contributed by atoms with Crippen molar-refractivity contribution in [2.24, 2.45) is 4.99 Å². The van der Waals surface area contributed by atoms with Gasteiger partial charge in [-0.15, -0.1) is 46.7 Å². The number of aryl methyl sites for hydroxylation is 3. The molecule has 0 aliphatic carbocycles. The quantitative estimate of drug-likeness (QED) is 0.362. The minimum atomic E-state index is 0. The van der Waals surface area contributed by atoms with Crippen LogP contribution < -0.4 is 10.6 Å². The molecule has 0 unspecified atom stereocenters. The van der Waals surface area contributed by atoms with Crippen LogP contribution in [0.4, 0.5) is 0 Å². The van der Waals surface area contributed by atoms with Gasteiger partial charge < -0.3 is 10.6 Å². The molecular formula is C16H26IN5S2. The van der Waals surface area contributed by atoms with E-state index in [4.69, 9.17) is 0 Å². The van der Waals surface area contributed by atoms with Crippen molar-refractivity contribution >= 4 is 52.6 Å². The van der Waals surface area contributed by atoms with E-state index in [2.05, 4.69) is 46.4 Å². The largest absolute Gasteiger partial charge is 0.356 e. The number of thiazole rings is 2. The van der Waals surface area contributed by atoms with Crippen LogP contribution in [0.25, 0.3) is 0 Å². The molecule has 8 heteroatoms. The van der Waals surface area contributed by atoms with Crippen molar-refractivity contribution in [2.75, 3.05) is 13.6 Å². The first-order valence-corrected chi connectivity index (χ1v) is 9.62. The molecule has 5 nitrogen and oxygen atoms in total. The average molecular weight is 479 g/mol. The van der Waals surface area contributed by atoms with Crippen LogP contribution in [-0.4, -0.2) is 29.5 Å². The van der Waals surface area contributed by atoms with Gasteiger partial charge in [0.25, 0.3) is 0 Å². The van der Waals surface area contributed by atoms with Gasteiger partial charge in [0.1, 0.15) is 5.01 Å². The highest BCUT2D eigenvalue weighted by Gasteiger charge is 2.06. The molecule has 0 saturated carbocycles. The topological polar surface area (TPSA) is 62.2 Å². The summed E-state index contributed by atoms with van der Waals surface area (Å²) in [5, 5.41) is 8.93. The third kappa shape index (κ3) is 6.29. The number of hydrogen-bond donors (Lipinski definition) is 2. The molecule has 0 aromatic carbocycles. The molecule has 0 amide bonds. The molecule has 0 saturated heterocycles. The second-order valence-electron chi connectivity index (χ2n) is 5.14. The number of nitrogens with zero attached hydrogens (tertiary/aromatic N) is 3. The second kappa shape index (κ2) is 11.0. The molecule has 0 aliphatic rings. The summed E-state index contributed by atoms with van der Waals surface area (Å²) in [5.41, 5.74) is 1.23. The van der Waals surface area contributed by atoms with Gasteiger partial charge in [-0.05, 0) is 19.8 Å². The number of guanidine groups is 1. The van der Waals surface area contributed by atoms with Gasteiger partial charge in [-0.25, -0.2) is 9.97 Å². The number of aromatic nitrogens is 2. The van der Waals surface area contributed by atoms with Gasteiger partial charge in [0.15, 0.2) is 5.96 Å². The molecule has 0 atom stereocenters. The molecule has 0 spiro atoms. The molecule has 0 aliphatic heterocycles. The van der Waals surface area contributed by atoms with Crippen molar-refractivity contribution in [1.29, 1.82) is 0 Å². The fourth-order valence-electron chi connectivity index (χ4n) is 2.18. The Balaban J connectivity index is 0.00000288. The first-order valence-electron chi connectivity index (χ1n) is 7.99. The van der Waals surface area contributed by atoms with E-state index in [1.807, 2.05) is 6.20 Å². The third-order valence-electron chi connectivity index (χ3n) is 3.48. The van der Waals surface area contributed by atoms with Gasteiger partial charge in [-0.2, -0.15) is 0 Å². The predicted molar refractivity (Wildman–Crippen MR) is 115 cm³/mol. The fraction of sp³-hybridized carbons (Fsp3) is 0.562. The van der Waals surface area contributed by atoms with Gasteiger partial charge in [0.05, 0.1) is 17.2 Å². The molecule has 2 aromatic rings. The highest BCUT2D eigenvalue weighted by Crippen LogP contribution is 2.18. The number of halogens is 1. The lowest BCUT2D eigenvalue weighted by molar-refractivity contribution is 0.787. The maximum Gasteiger partial charge on any atom is 0.191 e. The first kappa shape index (κ1) is 21.3. The van der Waals surface area contributed by atoms with E-state index in [-0.39, 0.29) is 24.0 Å². The Bertz CT molecular complexity index is 651. The molecule has 2 rings (SSSR count). The Morgan fingerprint density at radius 2 is 1.96 bits per heavy atom. The summed E-state index contributed by atoms with van der Waals surface area (Å²) in [5.74, 6) is 0.808. The van der Waals surface area contributed by atoms with E-state index < -0.39 is 0 Å². The number of rotatable bonds is 7.